The number of nitrogens with zero attached hydrogens (tertiary/aromatic N) is 1. The first-order valence-electron chi connectivity index (χ1n) is 12.1. The van der Waals surface area contributed by atoms with Gasteiger partial charge in [-0.2, -0.15) is 0 Å². The monoisotopic (exact) mass is 615 g/mol. The molecule has 0 spiro atoms. The summed E-state index contributed by atoms with van der Waals surface area (Å²) in [7, 11) is 5.81. The highest BCUT2D eigenvalue weighted by atomic mass is 79.9. The van der Waals surface area contributed by atoms with E-state index in [-0.39, 0.29) is 0 Å². The summed E-state index contributed by atoms with van der Waals surface area (Å²) in [6.07, 6.45) is 0. The largest absolute Gasteiger partial charge is 0.496 e. The number of carbonyl (C=O) groups is 2. The van der Waals surface area contributed by atoms with Crippen LogP contribution in [0.2, 0.25) is 0 Å². The molecule has 0 saturated heterocycles. The minimum atomic E-state index is -1.45. The predicted molar refractivity (Wildman–Crippen MR) is 153 cm³/mol. The maximum atomic E-state index is 13.8. The first-order valence-corrected chi connectivity index (χ1v) is 13.7. The summed E-state index contributed by atoms with van der Waals surface area (Å²) in [5, 5.41) is 9.02. The van der Waals surface area contributed by atoms with Crippen molar-refractivity contribution in [2.45, 2.75) is 31.3 Å². The van der Waals surface area contributed by atoms with Crippen LogP contribution in [0.4, 0.5) is 5.13 Å². The number of aromatic nitrogens is 1. The molecule has 1 aromatic heterocycles. The van der Waals surface area contributed by atoms with Crippen LogP contribution in [0, 0.1) is 0 Å². The van der Waals surface area contributed by atoms with E-state index in [1.54, 1.807) is 27.2 Å². The molecule has 11 heteroatoms. The van der Waals surface area contributed by atoms with Crippen LogP contribution in [0.5, 0.6) is 11.5 Å². The average molecular weight is 617 g/mol. The van der Waals surface area contributed by atoms with E-state index in [9.17, 15) is 9.59 Å². The normalized spacial score (nSPS) is 20.6. The maximum Gasteiger partial charge on any atom is 0.336 e. The molecule has 2 N–H and O–H groups in total. The molecule has 4 rings (SSSR count). The molecule has 0 bridgehead atoms. The molecular formula is C28H30BrN3O6S. The molecule has 0 radical (unpaired) electrons. The number of methoxy groups -OCH3 is 4. The zero-order valence-corrected chi connectivity index (χ0v) is 24.9. The number of hydrogen-bond donors (Lipinski definition) is 2. The molecule has 3 aromatic rings. The van der Waals surface area contributed by atoms with E-state index in [2.05, 4.69) is 26.6 Å². The molecule has 206 valence electrons. The standard InChI is InChI=1S/C28H30BrN3O6S/c1-15-23(25(33)37-5)24(17-10-8-7-9-11-17)28(16(2)30-15,26(34)38-6)32-27-31-20(14-39-27)18-12-19(29)22(36-4)13-21(18)35-3/h7-14,16,24,30H,1-6H3,(H,31,32). The molecule has 9 nitrogen and oxygen atoms in total. The number of benzene rings is 2. The van der Waals surface area contributed by atoms with Gasteiger partial charge in [0.05, 0.1) is 56.1 Å². The Hall–Kier alpha value is -3.57. The van der Waals surface area contributed by atoms with Gasteiger partial charge in [0, 0.05) is 22.7 Å². The molecule has 39 heavy (non-hydrogen) atoms. The van der Waals surface area contributed by atoms with E-state index in [0.29, 0.717) is 33.6 Å². The van der Waals surface area contributed by atoms with Crippen LogP contribution in [0.1, 0.15) is 25.3 Å². The van der Waals surface area contributed by atoms with Crippen molar-refractivity contribution < 1.29 is 28.5 Å². The number of ether oxygens (including phenoxy) is 4. The summed E-state index contributed by atoms with van der Waals surface area (Å²) in [6.45, 7) is 3.67. The average Bonchev–Trinajstić information content (AvgIpc) is 3.41. The van der Waals surface area contributed by atoms with Gasteiger partial charge in [0.25, 0.3) is 0 Å². The first-order chi connectivity index (χ1) is 18.7. The SMILES string of the molecule is COC(=O)C1=C(C)NC(C)C(Nc2nc(-c3cc(Br)c(OC)cc3OC)cs2)(C(=O)OC)C1c1ccccc1. The number of allylic oxidation sites excluding steroid dienone is 1. The Morgan fingerprint density at radius 1 is 1.05 bits per heavy atom. The van der Waals surface area contributed by atoms with Crippen LogP contribution in [-0.4, -0.2) is 56.9 Å². The van der Waals surface area contributed by atoms with Gasteiger partial charge in [-0.1, -0.05) is 30.3 Å². The number of thiazole rings is 1. The number of halogens is 1. The summed E-state index contributed by atoms with van der Waals surface area (Å²) in [5.41, 5.74) is 1.63. The van der Waals surface area contributed by atoms with Gasteiger partial charge in [0.2, 0.25) is 0 Å². The van der Waals surface area contributed by atoms with Crippen molar-refractivity contribution in [2.24, 2.45) is 0 Å². The second-order valence-corrected chi connectivity index (χ2v) is 10.7. The van der Waals surface area contributed by atoms with Gasteiger partial charge in [-0.05, 0) is 41.4 Å². The number of esters is 2. The van der Waals surface area contributed by atoms with Crippen LogP contribution in [0.3, 0.4) is 0 Å². The van der Waals surface area contributed by atoms with E-state index < -0.39 is 29.4 Å². The van der Waals surface area contributed by atoms with Crippen molar-refractivity contribution in [1.82, 2.24) is 10.3 Å². The lowest BCUT2D eigenvalue weighted by Crippen LogP contribution is -2.66. The lowest BCUT2D eigenvalue weighted by atomic mass is 9.68. The zero-order valence-electron chi connectivity index (χ0n) is 22.5. The third-order valence-corrected chi connectivity index (χ3v) is 8.27. The minimum absolute atomic E-state index is 0.331. The highest BCUT2D eigenvalue weighted by Gasteiger charge is 2.58. The summed E-state index contributed by atoms with van der Waals surface area (Å²) in [4.78, 5) is 31.7. The maximum absolute atomic E-state index is 13.8. The summed E-state index contributed by atoms with van der Waals surface area (Å²) < 4.78 is 22.3. The summed E-state index contributed by atoms with van der Waals surface area (Å²) in [6, 6.07) is 12.5. The van der Waals surface area contributed by atoms with E-state index in [0.717, 1.165) is 15.6 Å². The van der Waals surface area contributed by atoms with Gasteiger partial charge >= 0.3 is 11.9 Å². The molecular weight excluding hydrogens is 586 g/mol. The van der Waals surface area contributed by atoms with Crippen molar-refractivity contribution in [3.8, 4) is 22.8 Å². The topological polar surface area (TPSA) is 108 Å². The fraction of sp³-hybridized carbons (Fsp3) is 0.321. The van der Waals surface area contributed by atoms with E-state index in [1.165, 1.54) is 25.6 Å². The molecule has 0 aliphatic carbocycles. The third-order valence-electron chi connectivity index (χ3n) is 6.89. The fourth-order valence-electron chi connectivity index (χ4n) is 5.05. The van der Waals surface area contributed by atoms with Gasteiger partial charge in [-0.25, -0.2) is 14.6 Å². The van der Waals surface area contributed by atoms with E-state index in [4.69, 9.17) is 23.9 Å². The summed E-state index contributed by atoms with van der Waals surface area (Å²) in [5.74, 6) is -0.628. The van der Waals surface area contributed by atoms with Gasteiger partial charge < -0.3 is 29.6 Å². The lowest BCUT2D eigenvalue weighted by Gasteiger charge is -2.47. The fourth-order valence-corrected chi connectivity index (χ4v) is 6.34. The number of nitrogens with one attached hydrogen (secondary N) is 2. The quantitative estimate of drug-likeness (QED) is 0.333. The first kappa shape index (κ1) is 28.4. The molecule has 2 heterocycles. The zero-order chi connectivity index (χ0) is 28.3. The van der Waals surface area contributed by atoms with Gasteiger partial charge in [-0.15, -0.1) is 11.3 Å². The van der Waals surface area contributed by atoms with Crippen molar-refractivity contribution in [1.29, 1.82) is 0 Å². The number of anilines is 1. The Morgan fingerprint density at radius 3 is 2.36 bits per heavy atom. The van der Waals surface area contributed by atoms with Gasteiger partial charge in [0.1, 0.15) is 11.5 Å². The minimum Gasteiger partial charge on any atom is -0.496 e. The van der Waals surface area contributed by atoms with Crippen LogP contribution in [0.25, 0.3) is 11.3 Å². The molecule has 3 atom stereocenters. The van der Waals surface area contributed by atoms with E-state index in [1.807, 2.05) is 48.7 Å². The Balaban J connectivity index is 1.88. The molecule has 1 aliphatic heterocycles. The number of rotatable bonds is 8. The molecule has 2 aromatic carbocycles. The van der Waals surface area contributed by atoms with E-state index >= 15 is 0 Å². The summed E-state index contributed by atoms with van der Waals surface area (Å²) >= 11 is 4.85. The molecule has 0 saturated carbocycles. The van der Waals surface area contributed by atoms with Crippen molar-refractivity contribution >= 4 is 44.3 Å². The van der Waals surface area contributed by atoms with Gasteiger partial charge in [0.15, 0.2) is 10.7 Å². The Morgan fingerprint density at radius 2 is 1.74 bits per heavy atom. The van der Waals surface area contributed by atoms with Crippen LogP contribution < -0.4 is 20.1 Å². The molecule has 1 aliphatic rings. The molecule has 0 amide bonds. The molecule has 0 fully saturated rings. The smallest absolute Gasteiger partial charge is 0.336 e. The van der Waals surface area contributed by atoms with Gasteiger partial charge in [-0.3, -0.25) is 0 Å². The second kappa shape index (κ2) is 11.7. The van der Waals surface area contributed by atoms with Crippen molar-refractivity contribution in [3.63, 3.8) is 0 Å². The predicted octanol–water partition coefficient (Wildman–Crippen LogP) is 5.14. The number of carbonyl (C=O) groups excluding carboxylic acids is 2. The van der Waals surface area contributed by atoms with Crippen LogP contribution in [-0.2, 0) is 19.1 Å². The Bertz CT molecular complexity index is 1410. The van der Waals surface area contributed by atoms with Crippen LogP contribution in [0.15, 0.2) is 63.6 Å². The lowest BCUT2D eigenvalue weighted by molar-refractivity contribution is -0.148. The van der Waals surface area contributed by atoms with Crippen molar-refractivity contribution in [3.05, 3.63) is 69.2 Å². The van der Waals surface area contributed by atoms with Crippen LogP contribution >= 0.6 is 27.3 Å². The highest BCUT2D eigenvalue weighted by molar-refractivity contribution is 9.10. The highest BCUT2D eigenvalue weighted by Crippen LogP contribution is 2.46. The molecule has 3 unspecified atom stereocenters. The number of hydrogen-bond acceptors (Lipinski definition) is 10. The Kier molecular flexibility index (Phi) is 8.51. The third kappa shape index (κ3) is 5.08. The second-order valence-electron chi connectivity index (χ2n) is 8.95. The Labute approximate surface area is 239 Å². The van der Waals surface area contributed by atoms with Crippen molar-refractivity contribution in [2.75, 3.05) is 33.8 Å².